The molecule has 0 radical (unpaired) electrons. The highest BCUT2D eigenvalue weighted by atomic mass is 16.4. The van der Waals surface area contributed by atoms with Crippen LogP contribution in [0.3, 0.4) is 0 Å². The predicted octanol–water partition coefficient (Wildman–Crippen LogP) is 0.870. The van der Waals surface area contributed by atoms with Crippen molar-refractivity contribution in [1.29, 1.82) is 0 Å². The summed E-state index contributed by atoms with van der Waals surface area (Å²) in [5, 5.41) is 18.2. The maximum absolute atomic E-state index is 11.0. The minimum Gasteiger partial charge on any atom is -0.481 e. The Bertz CT molecular complexity index is 214. The predicted molar refractivity (Wildman–Crippen MR) is 42.6 cm³/mol. The third-order valence-electron chi connectivity index (χ3n) is 3.54. The van der Waals surface area contributed by atoms with Crippen LogP contribution >= 0.6 is 0 Å². The molecule has 0 aliphatic heterocycles. The molecule has 0 heterocycles. The number of hydrogen-bond acceptors (Lipinski definition) is 2. The number of carboxylic acid groups (broad SMARTS) is 1. The van der Waals surface area contributed by atoms with Gasteiger partial charge in [0.2, 0.25) is 0 Å². The first kappa shape index (κ1) is 8.05. The van der Waals surface area contributed by atoms with E-state index in [1.165, 1.54) is 6.42 Å². The van der Waals surface area contributed by atoms with E-state index in [4.69, 9.17) is 10.2 Å². The summed E-state index contributed by atoms with van der Waals surface area (Å²) in [5.74, 6) is 0.0768. The normalized spacial score (nSPS) is 45.1. The van der Waals surface area contributed by atoms with Crippen molar-refractivity contribution in [1.82, 2.24) is 0 Å². The lowest BCUT2D eigenvalue weighted by Crippen LogP contribution is -2.39. The van der Waals surface area contributed by atoms with Crippen LogP contribution in [0.5, 0.6) is 0 Å². The van der Waals surface area contributed by atoms with Gasteiger partial charge in [-0.05, 0) is 24.7 Å². The van der Waals surface area contributed by atoms with Crippen LogP contribution in [-0.2, 0) is 4.79 Å². The van der Waals surface area contributed by atoms with Gasteiger partial charge in [-0.3, -0.25) is 4.79 Å². The summed E-state index contributed by atoms with van der Waals surface area (Å²) in [4.78, 5) is 11.0. The van der Waals surface area contributed by atoms with Crippen molar-refractivity contribution >= 4 is 5.97 Å². The maximum Gasteiger partial charge on any atom is 0.312 e. The number of carbonyl (C=O) groups is 1. The van der Waals surface area contributed by atoms with Crippen molar-refractivity contribution in [3.05, 3.63) is 0 Å². The molecule has 2 rings (SSSR count). The number of aliphatic carboxylic acids is 1. The highest BCUT2D eigenvalue weighted by molar-refractivity contribution is 5.76. The van der Waals surface area contributed by atoms with Crippen LogP contribution < -0.4 is 0 Å². The lowest BCUT2D eigenvalue weighted by Gasteiger charge is -2.30. The molecule has 3 unspecified atom stereocenters. The first-order valence-electron chi connectivity index (χ1n) is 4.55. The van der Waals surface area contributed by atoms with Gasteiger partial charge >= 0.3 is 5.97 Å². The highest BCUT2D eigenvalue weighted by Crippen LogP contribution is 2.59. The first-order chi connectivity index (χ1) is 5.70. The molecule has 2 aliphatic rings. The Morgan fingerprint density at radius 1 is 1.58 bits per heavy atom. The van der Waals surface area contributed by atoms with E-state index in [1.807, 2.05) is 0 Å². The summed E-state index contributed by atoms with van der Waals surface area (Å²) in [7, 11) is 0. The van der Waals surface area contributed by atoms with E-state index in [0.29, 0.717) is 12.3 Å². The summed E-state index contributed by atoms with van der Waals surface area (Å²) in [6.07, 6.45) is 3.82. The molecule has 0 aromatic carbocycles. The van der Waals surface area contributed by atoms with E-state index >= 15 is 0 Å². The number of hydrogen-bond donors (Lipinski definition) is 2. The van der Waals surface area contributed by atoms with Crippen LogP contribution in [0.4, 0.5) is 0 Å². The number of fused-ring (bicyclic) bond motifs is 1. The molecule has 0 aromatic rings. The molecule has 2 aliphatic carbocycles. The van der Waals surface area contributed by atoms with Crippen LogP contribution in [0.15, 0.2) is 0 Å². The molecule has 68 valence electrons. The van der Waals surface area contributed by atoms with E-state index in [0.717, 1.165) is 12.8 Å². The molecule has 3 atom stereocenters. The van der Waals surface area contributed by atoms with Gasteiger partial charge in [0, 0.05) is 0 Å². The molecule has 2 N–H and O–H groups in total. The third-order valence-corrected chi connectivity index (χ3v) is 3.54. The quantitative estimate of drug-likeness (QED) is 0.646. The SMILES string of the molecule is O=C(O)C1(CO)CCCC2CC21. The van der Waals surface area contributed by atoms with Crippen LogP contribution in [0.2, 0.25) is 0 Å². The zero-order chi connectivity index (χ0) is 8.77. The summed E-state index contributed by atoms with van der Waals surface area (Å²) in [5.41, 5.74) is -0.775. The number of aliphatic hydroxyl groups is 1. The average Bonchev–Trinajstić information content (AvgIpc) is 2.81. The minimum absolute atomic E-state index is 0.177. The molecule has 12 heavy (non-hydrogen) atoms. The van der Waals surface area contributed by atoms with E-state index in [2.05, 4.69) is 0 Å². The number of aliphatic hydroxyl groups excluding tert-OH is 1. The minimum atomic E-state index is -0.794. The van der Waals surface area contributed by atoms with E-state index in [1.54, 1.807) is 0 Å². The maximum atomic E-state index is 11.0. The summed E-state index contributed by atoms with van der Waals surface area (Å²) in [6, 6.07) is 0. The van der Waals surface area contributed by atoms with Crippen molar-refractivity contribution in [3.8, 4) is 0 Å². The van der Waals surface area contributed by atoms with Gasteiger partial charge in [-0.15, -0.1) is 0 Å². The molecule has 3 nitrogen and oxygen atoms in total. The number of rotatable bonds is 2. The van der Waals surface area contributed by atoms with E-state index < -0.39 is 11.4 Å². The third kappa shape index (κ3) is 0.891. The summed E-state index contributed by atoms with van der Waals surface area (Å²) < 4.78 is 0. The van der Waals surface area contributed by atoms with E-state index in [-0.39, 0.29) is 12.5 Å². The Hall–Kier alpha value is -0.570. The second-order valence-electron chi connectivity index (χ2n) is 4.11. The summed E-state index contributed by atoms with van der Waals surface area (Å²) in [6.45, 7) is -0.177. The van der Waals surface area contributed by atoms with Gasteiger partial charge < -0.3 is 10.2 Å². The zero-order valence-electron chi connectivity index (χ0n) is 6.99. The smallest absolute Gasteiger partial charge is 0.312 e. The molecular weight excluding hydrogens is 156 g/mol. The van der Waals surface area contributed by atoms with Crippen molar-refractivity contribution < 1.29 is 15.0 Å². The van der Waals surface area contributed by atoms with Gasteiger partial charge in [0.1, 0.15) is 0 Å². The van der Waals surface area contributed by atoms with E-state index in [9.17, 15) is 4.79 Å². The van der Waals surface area contributed by atoms with Crippen molar-refractivity contribution in [2.75, 3.05) is 6.61 Å². The molecule has 3 heteroatoms. The first-order valence-corrected chi connectivity index (χ1v) is 4.55. The van der Waals surface area contributed by atoms with Crippen molar-refractivity contribution in [2.24, 2.45) is 17.3 Å². The lowest BCUT2D eigenvalue weighted by atomic mass is 9.74. The second kappa shape index (κ2) is 2.46. The Morgan fingerprint density at radius 2 is 2.33 bits per heavy atom. The van der Waals surface area contributed by atoms with Gasteiger partial charge in [-0.25, -0.2) is 0 Å². The Kier molecular flexibility index (Phi) is 1.65. The molecule has 0 amide bonds. The standard InChI is InChI=1S/C9H14O3/c10-5-9(8(11)12)3-1-2-6-4-7(6)9/h6-7,10H,1-5H2,(H,11,12). The van der Waals surface area contributed by atoms with Gasteiger partial charge in [-0.2, -0.15) is 0 Å². The van der Waals surface area contributed by atoms with Crippen molar-refractivity contribution in [2.45, 2.75) is 25.7 Å². The average molecular weight is 170 g/mol. The lowest BCUT2D eigenvalue weighted by molar-refractivity contribution is -0.155. The Balaban J connectivity index is 2.20. The Morgan fingerprint density at radius 3 is 2.83 bits per heavy atom. The van der Waals surface area contributed by atoms with Gasteiger partial charge in [0.15, 0.2) is 0 Å². The molecule has 2 saturated carbocycles. The monoisotopic (exact) mass is 170 g/mol. The van der Waals surface area contributed by atoms with Crippen LogP contribution in [-0.4, -0.2) is 22.8 Å². The van der Waals surface area contributed by atoms with Gasteiger partial charge in [0.25, 0.3) is 0 Å². The fourth-order valence-corrected chi connectivity index (χ4v) is 2.64. The molecule has 0 saturated heterocycles. The molecule has 0 spiro atoms. The van der Waals surface area contributed by atoms with Crippen molar-refractivity contribution in [3.63, 3.8) is 0 Å². The zero-order valence-corrected chi connectivity index (χ0v) is 6.99. The second-order valence-corrected chi connectivity index (χ2v) is 4.11. The molecular formula is C9H14O3. The Labute approximate surface area is 71.4 Å². The van der Waals surface area contributed by atoms with Crippen LogP contribution in [0, 0.1) is 17.3 Å². The highest BCUT2D eigenvalue weighted by Gasteiger charge is 2.58. The topological polar surface area (TPSA) is 57.5 Å². The molecule has 2 fully saturated rings. The summed E-state index contributed by atoms with van der Waals surface area (Å²) >= 11 is 0. The fourth-order valence-electron chi connectivity index (χ4n) is 2.64. The largest absolute Gasteiger partial charge is 0.481 e. The van der Waals surface area contributed by atoms with Crippen LogP contribution in [0.1, 0.15) is 25.7 Å². The van der Waals surface area contributed by atoms with Gasteiger partial charge in [-0.1, -0.05) is 12.8 Å². The van der Waals surface area contributed by atoms with Crippen LogP contribution in [0.25, 0.3) is 0 Å². The number of carboxylic acids is 1. The molecule has 0 aromatic heterocycles. The van der Waals surface area contributed by atoms with Gasteiger partial charge in [0.05, 0.1) is 12.0 Å². The fraction of sp³-hybridized carbons (Fsp3) is 0.889. The molecule has 0 bridgehead atoms.